The molecule has 0 aliphatic heterocycles. The van der Waals surface area contributed by atoms with Gasteiger partial charge in [0, 0.05) is 10.9 Å². The van der Waals surface area contributed by atoms with Gasteiger partial charge in [-0.2, -0.15) is 0 Å². The van der Waals surface area contributed by atoms with Crippen LogP contribution in [0, 0.1) is 13.8 Å². The summed E-state index contributed by atoms with van der Waals surface area (Å²) in [4.78, 5) is 40.8. The Balaban J connectivity index is 1.79. The second kappa shape index (κ2) is 8.87. The van der Waals surface area contributed by atoms with E-state index in [1.54, 1.807) is 11.0 Å². The topological polar surface area (TPSA) is 92.5 Å². The van der Waals surface area contributed by atoms with Crippen molar-refractivity contribution < 1.29 is 14.4 Å². The molecule has 0 radical (unpaired) electrons. The van der Waals surface area contributed by atoms with Crippen LogP contribution in [0.1, 0.15) is 62.6 Å². The fourth-order valence-corrected chi connectivity index (χ4v) is 5.39. The monoisotopic (exact) mass is 419 g/mol. The van der Waals surface area contributed by atoms with E-state index < -0.39 is 5.91 Å². The van der Waals surface area contributed by atoms with Crippen LogP contribution in [-0.4, -0.2) is 35.2 Å². The highest BCUT2D eigenvalue weighted by molar-refractivity contribution is 7.16. The second-order valence-corrected chi connectivity index (χ2v) is 9.27. The third kappa shape index (κ3) is 4.44. The molecule has 1 aliphatic carbocycles. The predicted molar refractivity (Wildman–Crippen MR) is 113 cm³/mol. The second-order valence-electron chi connectivity index (χ2n) is 7.10. The minimum atomic E-state index is -0.559. The number of carbonyl (C=O) groups excluding carboxylic acids is 3. The summed E-state index contributed by atoms with van der Waals surface area (Å²) in [6, 6.07) is 3.70. The lowest BCUT2D eigenvalue weighted by molar-refractivity contribution is -0.117. The fraction of sp³-hybridized carbons (Fsp3) is 0.450. The maximum atomic E-state index is 13.0. The van der Waals surface area contributed by atoms with E-state index in [2.05, 4.69) is 5.32 Å². The third-order valence-corrected chi connectivity index (χ3v) is 7.19. The number of nitrogens with two attached hydrogens (primary N) is 1. The van der Waals surface area contributed by atoms with E-state index in [1.165, 1.54) is 29.1 Å². The molecule has 3 N–H and O–H groups in total. The Labute approximate surface area is 172 Å². The average molecular weight is 420 g/mol. The first-order valence-corrected chi connectivity index (χ1v) is 11.1. The van der Waals surface area contributed by atoms with Crippen LogP contribution in [0.25, 0.3) is 0 Å². The summed E-state index contributed by atoms with van der Waals surface area (Å²) in [5, 5.41) is 5.13. The van der Waals surface area contributed by atoms with Crippen molar-refractivity contribution in [2.24, 2.45) is 5.73 Å². The van der Waals surface area contributed by atoms with Gasteiger partial charge in [-0.15, -0.1) is 22.7 Å². The number of nitrogens with one attached hydrogen (secondary N) is 1. The van der Waals surface area contributed by atoms with Gasteiger partial charge in [-0.3, -0.25) is 14.4 Å². The molecule has 2 heterocycles. The van der Waals surface area contributed by atoms with E-state index in [-0.39, 0.29) is 24.4 Å². The first-order chi connectivity index (χ1) is 13.4. The van der Waals surface area contributed by atoms with Gasteiger partial charge in [0.05, 0.1) is 10.4 Å². The zero-order chi connectivity index (χ0) is 20.3. The van der Waals surface area contributed by atoms with Gasteiger partial charge in [0.1, 0.15) is 11.5 Å². The lowest BCUT2D eigenvalue weighted by Crippen LogP contribution is -2.45. The molecule has 150 valence electrons. The Morgan fingerprint density at radius 1 is 1.21 bits per heavy atom. The van der Waals surface area contributed by atoms with Crippen LogP contribution in [-0.2, 0) is 4.79 Å². The predicted octanol–water partition coefficient (Wildman–Crippen LogP) is 3.94. The molecule has 0 aromatic carbocycles. The number of amides is 3. The van der Waals surface area contributed by atoms with Gasteiger partial charge in [-0.1, -0.05) is 25.3 Å². The number of anilines is 1. The van der Waals surface area contributed by atoms with E-state index in [4.69, 9.17) is 5.73 Å². The number of hydrogen-bond acceptors (Lipinski definition) is 5. The molecule has 28 heavy (non-hydrogen) atoms. The molecule has 1 fully saturated rings. The Morgan fingerprint density at radius 3 is 2.54 bits per heavy atom. The highest BCUT2D eigenvalue weighted by Gasteiger charge is 2.29. The summed E-state index contributed by atoms with van der Waals surface area (Å²) >= 11 is 2.72. The van der Waals surface area contributed by atoms with Crippen molar-refractivity contribution in [2.45, 2.75) is 52.0 Å². The van der Waals surface area contributed by atoms with Crippen LogP contribution >= 0.6 is 22.7 Å². The molecule has 0 saturated heterocycles. The molecule has 0 unspecified atom stereocenters. The normalized spacial score (nSPS) is 14.6. The lowest BCUT2D eigenvalue weighted by atomic mass is 9.94. The van der Waals surface area contributed by atoms with E-state index in [0.717, 1.165) is 36.1 Å². The van der Waals surface area contributed by atoms with E-state index in [0.29, 0.717) is 15.4 Å². The van der Waals surface area contributed by atoms with Crippen molar-refractivity contribution in [3.8, 4) is 0 Å². The molecule has 2 aromatic rings. The van der Waals surface area contributed by atoms with Crippen LogP contribution in [0.2, 0.25) is 0 Å². The van der Waals surface area contributed by atoms with Gasteiger partial charge in [-0.25, -0.2) is 0 Å². The molecule has 3 rings (SSSR count). The molecular formula is C20H25N3O3S2. The molecule has 0 atom stereocenters. The number of primary amides is 1. The number of thiophene rings is 2. The first kappa shape index (κ1) is 20.5. The molecule has 0 spiro atoms. The summed E-state index contributed by atoms with van der Waals surface area (Å²) in [5.74, 6) is -0.971. The lowest BCUT2D eigenvalue weighted by Gasteiger charge is -2.33. The Bertz CT molecular complexity index is 868. The standard InChI is InChI=1S/C20H25N3O3S2/c1-12-13(2)28-19(17(12)18(21)25)22-16(24)11-23(14-7-4-3-5-8-14)20(26)15-9-6-10-27-15/h6,9-10,14H,3-5,7-8,11H2,1-2H3,(H2,21,25)(H,22,24). The van der Waals surface area contributed by atoms with Gasteiger partial charge in [0.2, 0.25) is 5.91 Å². The van der Waals surface area contributed by atoms with Crippen LogP contribution in [0.3, 0.4) is 0 Å². The van der Waals surface area contributed by atoms with Crippen LogP contribution in [0.4, 0.5) is 5.00 Å². The molecule has 8 heteroatoms. The maximum absolute atomic E-state index is 13.0. The van der Waals surface area contributed by atoms with Crippen LogP contribution < -0.4 is 11.1 Å². The third-order valence-electron chi connectivity index (χ3n) is 5.21. The van der Waals surface area contributed by atoms with Gasteiger partial charge in [0.25, 0.3) is 11.8 Å². The number of carbonyl (C=O) groups is 3. The van der Waals surface area contributed by atoms with Crippen molar-refractivity contribution in [2.75, 3.05) is 11.9 Å². The molecule has 0 bridgehead atoms. The maximum Gasteiger partial charge on any atom is 0.264 e. The van der Waals surface area contributed by atoms with Crippen molar-refractivity contribution in [3.63, 3.8) is 0 Å². The van der Waals surface area contributed by atoms with Gasteiger partial charge in [0.15, 0.2) is 0 Å². The first-order valence-electron chi connectivity index (χ1n) is 9.42. The largest absolute Gasteiger partial charge is 0.365 e. The summed E-state index contributed by atoms with van der Waals surface area (Å²) in [6.45, 7) is 3.67. The van der Waals surface area contributed by atoms with Gasteiger partial charge >= 0.3 is 0 Å². The number of rotatable bonds is 6. The molecule has 2 aromatic heterocycles. The average Bonchev–Trinajstić information content (AvgIpc) is 3.29. The quantitative estimate of drug-likeness (QED) is 0.743. The van der Waals surface area contributed by atoms with Crippen LogP contribution in [0.15, 0.2) is 17.5 Å². The summed E-state index contributed by atoms with van der Waals surface area (Å²) in [5.41, 5.74) is 6.62. The van der Waals surface area contributed by atoms with Crippen molar-refractivity contribution in [1.29, 1.82) is 0 Å². The smallest absolute Gasteiger partial charge is 0.264 e. The summed E-state index contributed by atoms with van der Waals surface area (Å²) in [7, 11) is 0. The molecule has 6 nitrogen and oxygen atoms in total. The van der Waals surface area contributed by atoms with E-state index in [9.17, 15) is 14.4 Å². The highest BCUT2D eigenvalue weighted by Crippen LogP contribution is 2.32. The van der Waals surface area contributed by atoms with E-state index >= 15 is 0 Å². The van der Waals surface area contributed by atoms with Crippen molar-refractivity contribution in [1.82, 2.24) is 4.90 Å². The minimum absolute atomic E-state index is 0.0321. The fourth-order valence-electron chi connectivity index (χ4n) is 3.63. The number of hydrogen-bond donors (Lipinski definition) is 2. The highest BCUT2D eigenvalue weighted by atomic mass is 32.1. The van der Waals surface area contributed by atoms with Gasteiger partial charge < -0.3 is 16.0 Å². The summed E-state index contributed by atoms with van der Waals surface area (Å²) < 4.78 is 0. The number of aryl methyl sites for hydroxylation is 1. The zero-order valence-electron chi connectivity index (χ0n) is 16.1. The zero-order valence-corrected chi connectivity index (χ0v) is 17.8. The van der Waals surface area contributed by atoms with Crippen molar-refractivity contribution in [3.05, 3.63) is 38.4 Å². The minimum Gasteiger partial charge on any atom is -0.365 e. The Morgan fingerprint density at radius 2 is 1.93 bits per heavy atom. The molecule has 3 amide bonds. The SMILES string of the molecule is Cc1sc(NC(=O)CN(C(=O)c2cccs2)C2CCCCC2)c(C(N)=O)c1C. The molecule has 1 saturated carbocycles. The number of nitrogens with zero attached hydrogens (tertiary/aromatic N) is 1. The van der Waals surface area contributed by atoms with Crippen molar-refractivity contribution >= 4 is 45.4 Å². The summed E-state index contributed by atoms with van der Waals surface area (Å²) in [6.07, 6.45) is 5.12. The van der Waals surface area contributed by atoms with E-state index in [1.807, 2.05) is 25.3 Å². The molecule has 1 aliphatic rings. The Hall–Kier alpha value is -2.19. The Kier molecular flexibility index (Phi) is 6.51. The van der Waals surface area contributed by atoms with Gasteiger partial charge in [-0.05, 0) is 43.7 Å². The molecular weight excluding hydrogens is 394 g/mol. The van der Waals surface area contributed by atoms with Crippen LogP contribution in [0.5, 0.6) is 0 Å².